The summed E-state index contributed by atoms with van der Waals surface area (Å²) in [5, 5.41) is 15.7. The molecule has 5 heteroatoms. The predicted molar refractivity (Wildman–Crippen MR) is 90.9 cm³/mol. The van der Waals surface area contributed by atoms with Gasteiger partial charge in [0, 0.05) is 13.1 Å². The van der Waals surface area contributed by atoms with Gasteiger partial charge in [-0.05, 0) is 48.7 Å². The zero-order valence-corrected chi connectivity index (χ0v) is 13.4. The molecular formula is C18H22FN3O. The molecule has 122 valence electrons. The van der Waals surface area contributed by atoms with E-state index in [-0.39, 0.29) is 11.6 Å². The Bertz CT molecular complexity index is 668. The summed E-state index contributed by atoms with van der Waals surface area (Å²) in [5.41, 5.74) is 2.64. The Morgan fingerprint density at radius 2 is 1.78 bits per heavy atom. The molecule has 0 heterocycles. The van der Waals surface area contributed by atoms with Gasteiger partial charge in [0.1, 0.15) is 11.6 Å². The van der Waals surface area contributed by atoms with Crippen LogP contribution in [0.5, 0.6) is 5.75 Å². The highest BCUT2D eigenvalue weighted by Gasteiger charge is 2.01. The molecule has 3 N–H and O–H groups in total. The first kappa shape index (κ1) is 16.8. The van der Waals surface area contributed by atoms with Crippen LogP contribution in [0.1, 0.15) is 23.6 Å². The van der Waals surface area contributed by atoms with Gasteiger partial charge in [0.25, 0.3) is 0 Å². The molecule has 0 aliphatic rings. The fraction of sp³-hybridized carbons (Fsp3) is 0.278. The fourth-order valence-electron chi connectivity index (χ4n) is 2.12. The number of phenols is 1. The second kappa shape index (κ2) is 8.17. The van der Waals surface area contributed by atoms with Crippen LogP contribution >= 0.6 is 0 Å². The highest BCUT2D eigenvalue weighted by molar-refractivity contribution is 5.79. The third-order valence-corrected chi connectivity index (χ3v) is 3.38. The van der Waals surface area contributed by atoms with Crippen molar-refractivity contribution in [3.05, 3.63) is 65.0 Å². The Hall–Kier alpha value is -2.56. The van der Waals surface area contributed by atoms with Gasteiger partial charge in [0.15, 0.2) is 5.96 Å². The summed E-state index contributed by atoms with van der Waals surface area (Å²) in [5.74, 6) is 0.749. The Morgan fingerprint density at radius 3 is 2.43 bits per heavy atom. The summed E-state index contributed by atoms with van der Waals surface area (Å²) < 4.78 is 13.3. The minimum Gasteiger partial charge on any atom is -0.508 e. The quantitative estimate of drug-likeness (QED) is 0.587. The lowest BCUT2D eigenvalue weighted by Gasteiger charge is -2.11. The molecule has 0 aliphatic heterocycles. The van der Waals surface area contributed by atoms with Crippen LogP contribution in [-0.2, 0) is 13.1 Å². The van der Waals surface area contributed by atoms with E-state index in [2.05, 4.69) is 15.6 Å². The van der Waals surface area contributed by atoms with Crippen LogP contribution in [-0.4, -0.2) is 17.6 Å². The number of aromatic hydroxyl groups is 1. The van der Waals surface area contributed by atoms with Gasteiger partial charge in [0.05, 0.1) is 6.54 Å². The fourth-order valence-corrected chi connectivity index (χ4v) is 2.12. The molecule has 23 heavy (non-hydrogen) atoms. The van der Waals surface area contributed by atoms with Crippen LogP contribution in [0.2, 0.25) is 0 Å². The van der Waals surface area contributed by atoms with Crippen molar-refractivity contribution in [3.63, 3.8) is 0 Å². The van der Waals surface area contributed by atoms with E-state index in [9.17, 15) is 9.50 Å². The second-order valence-electron chi connectivity index (χ2n) is 5.30. The molecule has 2 aromatic rings. The lowest BCUT2D eigenvalue weighted by atomic mass is 10.1. The lowest BCUT2D eigenvalue weighted by molar-refractivity contribution is 0.475. The molecule has 0 fully saturated rings. The minimum atomic E-state index is -0.199. The van der Waals surface area contributed by atoms with E-state index in [1.54, 1.807) is 25.1 Å². The molecule has 0 spiro atoms. The highest BCUT2D eigenvalue weighted by atomic mass is 19.1. The van der Waals surface area contributed by atoms with E-state index >= 15 is 0 Å². The number of benzene rings is 2. The number of halogens is 1. The van der Waals surface area contributed by atoms with Gasteiger partial charge < -0.3 is 15.7 Å². The number of phenolic OH excluding ortho intramolecular Hbond substituents is 1. The van der Waals surface area contributed by atoms with Crippen molar-refractivity contribution in [2.45, 2.75) is 26.9 Å². The summed E-state index contributed by atoms with van der Waals surface area (Å²) >= 11 is 0. The Labute approximate surface area is 136 Å². The molecular weight excluding hydrogens is 293 g/mol. The maximum Gasteiger partial charge on any atom is 0.191 e. The number of nitrogens with zero attached hydrogens (tertiary/aromatic N) is 1. The van der Waals surface area contributed by atoms with Gasteiger partial charge in [-0.2, -0.15) is 0 Å². The molecule has 2 rings (SSSR count). The van der Waals surface area contributed by atoms with Gasteiger partial charge in [-0.1, -0.05) is 24.3 Å². The normalized spacial score (nSPS) is 11.3. The van der Waals surface area contributed by atoms with E-state index in [4.69, 9.17) is 0 Å². The number of guanidine groups is 1. The van der Waals surface area contributed by atoms with E-state index in [0.29, 0.717) is 24.6 Å². The molecule has 0 atom stereocenters. The molecule has 0 saturated heterocycles. The first-order chi connectivity index (χ1) is 11.1. The molecule has 0 unspecified atom stereocenters. The minimum absolute atomic E-state index is 0.199. The first-order valence-corrected chi connectivity index (χ1v) is 7.63. The molecule has 0 amide bonds. The van der Waals surface area contributed by atoms with Crippen LogP contribution in [0.4, 0.5) is 4.39 Å². The van der Waals surface area contributed by atoms with E-state index in [0.717, 1.165) is 17.7 Å². The molecule has 0 aliphatic carbocycles. The molecule has 0 saturated carbocycles. The van der Waals surface area contributed by atoms with Gasteiger partial charge in [-0.15, -0.1) is 0 Å². The molecule has 4 nitrogen and oxygen atoms in total. The van der Waals surface area contributed by atoms with E-state index in [1.165, 1.54) is 6.07 Å². The van der Waals surface area contributed by atoms with Crippen molar-refractivity contribution in [2.75, 3.05) is 6.54 Å². The maximum absolute atomic E-state index is 13.3. The van der Waals surface area contributed by atoms with Gasteiger partial charge in [0.2, 0.25) is 0 Å². The van der Waals surface area contributed by atoms with Crippen LogP contribution in [0, 0.1) is 12.7 Å². The summed E-state index contributed by atoms with van der Waals surface area (Å²) in [7, 11) is 0. The van der Waals surface area contributed by atoms with Crippen molar-refractivity contribution in [1.29, 1.82) is 0 Å². The lowest BCUT2D eigenvalue weighted by Crippen LogP contribution is -2.36. The molecule has 0 aromatic heterocycles. The SMILES string of the molecule is CCNC(=NCc1ccc(F)c(C)c1)NCc1ccc(O)cc1. The number of hydrogen-bond donors (Lipinski definition) is 3. The Balaban J connectivity index is 1.98. The number of aliphatic imine (C=N–C) groups is 1. The Kier molecular flexibility index (Phi) is 5.97. The number of nitrogens with one attached hydrogen (secondary N) is 2. The monoisotopic (exact) mass is 315 g/mol. The molecule has 0 bridgehead atoms. The third kappa shape index (κ3) is 5.29. The topological polar surface area (TPSA) is 56.7 Å². The molecule has 0 radical (unpaired) electrons. The largest absolute Gasteiger partial charge is 0.508 e. The summed E-state index contributed by atoms with van der Waals surface area (Å²) in [4.78, 5) is 4.51. The van der Waals surface area contributed by atoms with Crippen molar-refractivity contribution < 1.29 is 9.50 Å². The van der Waals surface area contributed by atoms with Crippen molar-refractivity contribution in [3.8, 4) is 5.75 Å². The summed E-state index contributed by atoms with van der Waals surface area (Å²) in [6.07, 6.45) is 0. The van der Waals surface area contributed by atoms with Crippen LogP contribution in [0.15, 0.2) is 47.5 Å². The third-order valence-electron chi connectivity index (χ3n) is 3.38. The smallest absolute Gasteiger partial charge is 0.191 e. The maximum atomic E-state index is 13.3. The van der Waals surface area contributed by atoms with Gasteiger partial charge >= 0.3 is 0 Å². The number of aryl methyl sites for hydroxylation is 1. The first-order valence-electron chi connectivity index (χ1n) is 7.63. The second-order valence-corrected chi connectivity index (χ2v) is 5.30. The zero-order valence-electron chi connectivity index (χ0n) is 13.4. The van der Waals surface area contributed by atoms with Crippen LogP contribution in [0.3, 0.4) is 0 Å². The summed E-state index contributed by atoms with van der Waals surface area (Å²) in [6.45, 7) is 5.58. The Morgan fingerprint density at radius 1 is 1.09 bits per heavy atom. The number of rotatable bonds is 5. The van der Waals surface area contributed by atoms with E-state index < -0.39 is 0 Å². The number of hydrogen-bond acceptors (Lipinski definition) is 2. The average Bonchev–Trinajstić information content (AvgIpc) is 2.55. The standard InChI is InChI=1S/C18H22FN3O/c1-3-20-18(21-11-14-4-7-16(23)8-5-14)22-12-15-6-9-17(19)13(2)10-15/h4-10,23H,3,11-12H2,1-2H3,(H2,20,21,22). The van der Waals surface area contributed by atoms with Crippen molar-refractivity contribution >= 4 is 5.96 Å². The van der Waals surface area contributed by atoms with Gasteiger partial charge in [-0.3, -0.25) is 0 Å². The van der Waals surface area contributed by atoms with E-state index in [1.807, 2.05) is 25.1 Å². The van der Waals surface area contributed by atoms with Crippen molar-refractivity contribution in [2.24, 2.45) is 4.99 Å². The van der Waals surface area contributed by atoms with Gasteiger partial charge in [-0.25, -0.2) is 9.38 Å². The summed E-state index contributed by atoms with van der Waals surface area (Å²) in [6, 6.07) is 12.0. The highest BCUT2D eigenvalue weighted by Crippen LogP contribution is 2.11. The predicted octanol–water partition coefficient (Wildman–Crippen LogP) is 3.10. The average molecular weight is 315 g/mol. The van der Waals surface area contributed by atoms with Crippen molar-refractivity contribution in [1.82, 2.24) is 10.6 Å². The van der Waals surface area contributed by atoms with Crippen LogP contribution < -0.4 is 10.6 Å². The van der Waals surface area contributed by atoms with Crippen LogP contribution in [0.25, 0.3) is 0 Å². The molecule has 2 aromatic carbocycles. The zero-order chi connectivity index (χ0) is 16.7.